The number of aryl methyl sites for hydroxylation is 1. The molecule has 1 fully saturated rings. The Morgan fingerprint density at radius 1 is 1.26 bits per heavy atom. The zero-order chi connectivity index (χ0) is 12.8. The number of furan rings is 1. The maximum absolute atomic E-state index is 5.98. The molecule has 0 unspecified atom stereocenters. The van der Waals surface area contributed by atoms with Crippen LogP contribution in [-0.4, -0.2) is 6.61 Å². The monoisotopic (exact) mass is 255 g/mol. The van der Waals surface area contributed by atoms with Crippen LogP contribution in [0.5, 0.6) is 0 Å². The van der Waals surface area contributed by atoms with E-state index in [2.05, 4.69) is 30.4 Å². The average Bonchev–Trinajstić information content (AvgIpc) is 3.09. The van der Waals surface area contributed by atoms with Gasteiger partial charge in [-0.1, -0.05) is 17.7 Å². The summed E-state index contributed by atoms with van der Waals surface area (Å²) in [5.74, 6) is 1.46. The molecule has 0 radical (unpaired) electrons. The SMILES string of the molecule is Cc1ccc2c(c1)[C@H]1OCC[C@H]1[C@H](c1ccco1)N2. The van der Waals surface area contributed by atoms with Crippen LogP contribution >= 0.6 is 0 Å². The normalized spacial score (nSPS) is 28.6. The summed E-state index contributed by atoms with van der Waals surface area (Å²) in [5, 5.41) is 3.62. The largest absolute Gasteiger partial charge is 0.467 e. The number of fused-ring (bicyclic) bond motifs is 3. The third-order valence-electron chi connectivity index (χ3n) is 4.24. The zero-order valence-corrected chi connectivity index (χ0v) is 10.9. The van der Waals surface area contributed by atoms with Crippen LogP contribution in [0, 0.1) is 12.8 Å². The Morgan fingerprint density at radius 3 is 3.05 bits per heavy atom. The van der Waals surface area contributed by atoms with E-state index >= 15 is 0 Å². The molecule has 0 saturated carbocycles. The Kier molecular flexibility index (Phi) is 2.42. The first-order valence-electron chi connectivity index (χ1n) is 6.85. The van der Waals surface area contributed by atoms with E-state index in [1.54, 1.807) is 6.26 Å². The van der Waals surface area contributed by atoms with Gasteiger partial charge in [0.05, 0.1) is 18.4 Å². The average molecular weight is 255 g/mol. The van der Waals surface area contributed by atoms with Gasteiger partial charge in [-0.05, 0) is 31.5 Å². The fraction of sp³-hybridized carbons (Fsp3) is 0.375. The van der Waals surface area contributed by atoms with Gasteiger partial charge in [-0.25, -0.2) is 0 Å². The van der Waals surface area contributed by atoms with Gasteiger partial charge in [0, 0.05) is 23.8 Å². The summed E-state index contributed by atoms with van der Waals surface area (Å²) in [6.07, 6.45) is 3.02. The Bertz CT molecular complexity index is 591. The Labute approximate surface area is 112 Å². The minimum absolute atomic E-state index is 0.200. The quantitative estimate of drug-likeness (QED) is 0.841. The van der Waals surface area contributed by atoms with E-state index in [9.17, 15) is 0 Å². The van der Waals surface area contributed by atoms with Gasteiger partial charge in [0.15, 0.2) is 0 Å². The van der Waals surface area contributed by atoms with Gasteiger partial charge in [0.1, 0.15) is 5.76 Å². The maximum atomic E-state index is 5.98. The van der Waals surface area contributed by atoms with Crippen molar-refractivity contribution < 1.29 is 9.15 Å². The molecule has 1 aromatic carbocycles. The van der Waals surface area contributed by atoms with Crippen molar-refractivity contribution in [2.75, 3.05) is 11.9 Å². The minimum Gasteiger partial charge on any atom is -0.467 e. The maximum Gasteiger partial charge on any atom is 0.126 e. The van der Waals surface area contributed by atoms with Crippen molar-refractivity contribution in [3.63, 3.8) is 0 Å². The van der Waals surface area contributed by atoms with Crippen LogP contribution in [0.3, 0.4) is 0 Å². The molecule has 0 bridgehead atoms. The van der Waals surface area contributed by atoms with Gasteiger partial charge in [0.25, 0.3) is 0 Å². The lowest BCUT2D eigenvalue weighted by Gasteiger charge is -2.35. The van der Waals surface area contributed by atoms with Crippen molar-refractivity contribution in [1.82, 2.24) is 0 Å². The van der Waals surface area contributed by atoms with Crippen LogP contribution in [0.1, 0.15) is 35.5 Å². The third-order valence-corrected chi connectivity index (χ3v) is 4.24. The second-order valence-corrected chi connectivity index (χ2v) is 5.47. The molecule has 1 aromatic heterocycles. The lowest BCUT2D eigenvalue weighted by atomic mass is 9.82. The topological polar surface area (TPSA) is 34.4 Å². The van der Waals surface area contributed by atoms with Gasteiger partial charge in [-0.15, -0.1) is 0 Å². The molecule has 98 valence electrons. The summed E-state index contributed by atoms with van der Waals surface area (Å²) in [6.45, 7) is 2.96. The number of hydrogen-bond acceptors (Lipinski definition) is 3. The molecule has 0 spiro atoms. The fourth-order valence-corrected chi connectivity index (χ4v) is 3.34. The molecule has 1 saturated heterocycles. The smallest absolute Gasteiger partial charge is 0.126 e. The predicted octanol–water partition coefficient (Wildman–Crippen LogP) is 3.83. The second-order valence-electron chi connectivity index (χ2n) is 5.47. The molecular weight excluding hydrogens is 238 g/mol. The van der Waals surface area contributed by atoms with Gasteiger partial charge < -0.3 is 14.5 Å². The summed E-state index contributed by atoms with van der Waals surface area (Å²) >= 11 is 0. The number of ether oxygens (including phenoxy) is 1. The lowest BCUT2D eigenvalue weighted by Crippen LogP contribution is -2.29. The number of rotatable bonds is 1. The van der Waals surface area contributed by atoms with Crippen LogP contribution in [0.4, 0.5) is 5.69 Å². The zero-order valence-electron chi connectivity index (χ0n) is 10.9. The van der Waals surface area contributed by atoms with Crippen molar-refractivity contribution in [2.24, 2.45) is 5.92 Å². The molecule has 3 heterocycles. The number of benzene rings is 1. The molecule has 3 heteroatoms. The minimum atomic E-state index is 0.200. The van der Waals surface area contributed by atoms with Gasteiger partial charge in [0.2, 0.25) is 0 Å². The van der Waals surface area contributed by atoms with Crippen LogP contribution in [0.15, 0.2) is 41.0 Å². The van der Waals surface area contributed by atoms with Crippen molar-refractivity contribution in [3.8, 4) is 0 Å². The van der Waals surface area contributed by atoms with Gasteiger partial charge in [-0.2, -0.15) is 0 Å². The van der Waals surface area contributed by atoms with Crippen molar-refractivity contribution in [3.05, 3.63) is 53.5 Å². The molecule has 1 N–H and O–H groups in total. The summed E-state index contributed by atoms with van der Waals surface area (Å²) in [5.41, 5.74) is 3.76. The first kappa shape index (κ1) is 11.1. The lowest BCUT2D eigenvalue weighted by molar-refractivity contribution is 0.0807. The van der Waals surface area contributed by atoms with Crippen LogP contribution in [0.25, 0.3) is 0 Å². The van der Waals surface area contributed by atoms with E-state index in [1.165, 1.54) is 16.8 Å². The van der Waals surface area contributed by atoms with Crippen molar-refractivity contribution >= 4 is 5.69 Å². The Balaban J connectivity index is 1.80. The molecule has 2 aromatic rings. The van der Waals surface area contributed by atoms with Crippen LogP contribution in [0.2, 0.25) is 0 Å². The van der Waals surface area contributed by atoms with E-state index in [1.807, 2.05) is 12.1 Å². The van der Waals surface area contributed by atoms with Crippen molar-refractivity contribution in [2.45, 2.75) is 25.5 Å². The molecule has 2 aliphatic rings. The fourth-order valence-electron chi connectivity index (χ4n) is 3.34. The van der Waals surface area contributed by atoms with Gasteiger partial charge >= 0.3 is 0 Å². The van der Waals surface area contributed by atoms with E-state index in [-0.39, 0.29) is 12.1 Å². The highest BCUT2D eigenvalue weighted by molar-refractivity contribution is 5.57. The predicted molar refractivity (Wildman–Crippen MR) is 73.1 cm³/mol. The molecule has 3 atom stereocenters. The van der Waals surface area contributed by atoms with Crippen LogP contribution < -0.4 is 5.32 Å². The first-order valence-corrected chi connectivity index (χ1v) is 6.85. The molecule has 3 nitrogen and oxygen atoms in total. The first-order chi connectivity index (χ1) is 9.33. The van der Waals surface area contributed by atoms with E-state index in [4.69, 9.17) is 9.15 Å². The number of nitrogens with one attached hydrogen (secondary N) is 1. The highest BCUT2D eigenvalue weighted by Gasteiger charge is 2.42. The number of anilines is 1. The second kappa shape index (κ2) is 4.14. The molecule has 4 rings (SSSR count). The summed E-state index contributed by atoms with van der Waals surface area (Å²) in [7, 11) is 0. The molecule has 0 amide bonds. The highest BCUT2D eigenvalue weighted by Crippen LogP contribution is 2.49. The number of hydrogen-bond donors (Lipinski definition) is 1. The summed E-state index contributed by atoms with van der Waals surface area (Å²) in [4.78, 5) is 0. The van der Waals surface area contributed by atoms with Crippen molar-refractivity contribution in [1.29, 1.82) is 0 Å². The Morgan fingerprint density at radius 2 is 2.21 bits per heavy atom. The van der Waals surface area contributed by atoms with Gasteiger partial charge in [-0.3, -0.25) is 0 Å². The molecular formula is C16H17NO2. The Hall–Kier alpha value is -1.74. The summed E-state index contributed by atoms with van der Waals surface area (Å²) in [6, 6.07) is 10.7. The summed E-state index contributed by atoms with van der Waals surface area (Å²) < 4.78 is 11.6. The standard InChI is InChI=1S/C16H17NO2/c1-10-4-5-13-12(9-10)16-11(6-8-19-16)15(17-13)14-3-2-7-18-14/h2-5,7,9,11,15-17H,6,8H2,1H3/t11-,15+,16-/m0/s1. The molecule has 0 aliphatic carbocycles. The molecule has 19 heavy (non-hydrogen) atoms. The third kappa shape index (κ3) is 1.69. The highest BCUT2D eigenvalue weighted by atomic mass is 16.5. The van der Waals surface area contributed by atoms with E-state index in [0.29, 0.717) is 5.92 Å². The van der Waals surface area contributed by atoms with E-state index < -0.39 is 0 Å². The van der Waals surface area contributed by atoms with Crippen LogP contribution in [-0.2, 0) is 4.74 Å². The van der Waals surface area contributed by atoms with E-state index in [0.717, 1.165) is 18.8 Å². The molecule has 2 aliphatic heterocycles.